The first kappa shape index (κ1) is 5.44. The molecule has 0 bridgehead atoms. The number of hydrogen-bond acceptors (Lipinski definition) is 3. The van der Waals surface area contributed by atoms with Gasteiger partial charge in [0, 0.05) is 11.1 Å². The van der Waals surface area contributed by atoms with Gasteiger partial charge >= 0.3 is 0 Å². The van der Waals surface area contributed by atoms with Gasteiger partial charge in [0.25, 0.3) is 0 Å². The minimum atomic E-state index is 0.621. The molecule has 1 heterocycles. The molecule has 2 N–H and O–H groups in total. The van der Waals surface area contributed by atoms with Crippen LogP contribution in [0.25, 0.3) is 0 Å². The molecule has 8 heavy (non-hydrogen) atoms. The van der Waals surface area contributed by atoms with Crippen molar-refractivity contribution < 1.29 is 0 Å². The van der Waals surface area contributed by atoms with Gasteiger partial charge in [-0.2, -0.15) is 0 Å². The largest absolute Gasteiger partial charge is 0.397 e. The van der Waals surface area contributed by atoms with Crippen LogP contribution in [0.5, 0.6) is 0 Å². The molecule has 0 aliphatic carbocycles. The minimum Gasteiger partial charge on any atom is -0.397 e. The molecule has 1 rings (SSSR count). The Morgan fingerprint density at radius 2 is 2.38 bits per heavy atom. The molecule has 0 spiro atoms. The van der Waals surface area contributed by atoms with E-state index in [1.807, 2.05) is 0 Å². The van der Waals surface area contributed by atoms with Gasteiger partial charge in [0.05, 0.1) is 11.9 Å². The van der Waals surface area contributed by atoms with Crippen LogP contribution in [-0.2, 0) is 0 Å². The molecule has 0 unspecified atom stereocenters. The number of aromatic nitrogens is 1. The summed E-state index contributed by atoms with van der Waals surface area (Å²) in [7, 11) is 0. The van der Waals surface area contributed by atoms with Gasteiger partial charge in [-0.3, -0.25) is 4.98 Å². The van der Waals surface area contributed by atoms with Crippen molar-refractivity contribution in [2.45, 2.75) is 4.90 Å². The van der Waals surface area contributed by atoms with Crippen molar-refractivity contribution >= 4 is 18.3 Å². The van der Waals surface area contributed by atoms with Crippen LogP contribution in [-0.4, -0.2) is 4.98 Å². The maximum Gasteiger partial charge on any atom is 0.0636 e. The fraction of sp³-hybridized carbons (Fsp3) is 0. The molecule has 0 radical (unpaired) electrons. The highest BCUT2D eigenvalue weighted by atomic mass is 32.1. The SMILES string of the molecule is Nc1cnccc1S. The zero-order chi connectivity index (χ0) is 5.98. The summed E-state index contributed by atoms with van der Waals surface area (Å²) in [5.74, 6) is 0. The van der Waals surface area contributed by atoms with Crippen LogP contribution in [0.2, 0.25) is 0 Å². The summed E-state index contributed by atoms with van der Waals surface area (Å²) in [5, 5.41) is 0. The van der Waals surface area contributed by atoms with Gasteiger partial charge in [0.2, 0.25) is 0 Å². The van der Waals surface area contributed by atoms with E-state index in [0.717, 1.165) is 4.90 Å². The van der Waals surface area contributed by atoms with Crippen molar-refractivity contribution in [1.82, 2.24) is 4.98 Å². The Bertz CT molecular complexity index is 167. The monoisotopic (exact) mass is 126 g/mol. The third-order valence-corrected chi connectivity index (χ3v) is 1.24. The van der Waals surface area contributed by atoms with Gasteiger partial charge in [0.15, 0.2) is 0 Å². The smallest absolute Gasteiger partial charge is 0.0636 e. The highest BCUT2D eigenvalue weighted by molar-refractivity contribution is 7.80. The summed E-state index contributed by atoms with van der Waals surface area (Å²) in [4.78, 5) is 4.55. The van der Waals surface area contributed by atoms with Gasteiger partial charge in [-0.15, -0.1) is 12.6 Å². The van der Waals surface area contributed by atoms with Gasteiger partial charge < -0.3 is 5.73 Å². The molecule has 0 fully saturated rings. The number of hydrogen-bond donors (Lipinski definition) is 2. The molecular formula is C5H6N2S. The Morgan fingerprint density at radius 3 is 2.75 bits per heavy atom. The summed E-state index contributed by atoms with van der Waals surface area (Å²) in [5.41, 5.74) is 6.00. The molecule has 0 atom stereocenters. The lowest BCUT2D eigenvalue weighted by atomic mass is 10.4. The Kier molecular flexibility index (Phi) is 1.39. The van der Waals surface area contributed by atoms with Crippen LogP contribution in [0, 0.1) is 0 Å². The van der Waals surface area contributed by atoms with Crippen molar-refractivity contribution in [2.75, 3.05) is 5.73 Å². The molecule has 0 aliphatic heterocycles. The molecule has 1 aromatic rings. The van der Waals surface area contributed by atoms with Gasteiger partial charge in [-0.25, -0.2) is 0 Å². The summed E-state index contributed by atoms with van der Waals surface area (Å²) in [6.07, 6.45) is 3.22. The third-order valence-electron chi connectivity index (χ3n) is 0.828. The van der Waals surface area contributed by atoms with E-state index < -0.39 is 0 Å². The summed E-state index contributed by atoms with van der Waals surface area (Å²) in [6, 6.07) is 1.75. The molecule has 0 aliphatic rings. The normalized spacial score (nSPS) is 9.12. The first-order chi connectivity index (χ1) is 3.80. The second-order valence-electron chi connectivity index (χ2n) is 1.43. The number of nitrogens with two attached hydrogens (primary N) is 1. The topological polar surface area (TPSA) is 38.9 Å². The average molecular weight is 126 g/mol. The zero-order valence-electron chi connectivity index (χ0n) is 4.20. The fourth-order valence-corrected chi connectivity index (χ4v) is 0.524. The number of pyridine rings is 1. The maximum atomic E-state index is 5.38. The zero-order valence-corrected chi connectivity index (χ0v) is 5.10. The summed E-state index contributed by atoms with van der Waals surface area (Å²) >= 11 is 4.03. The van der Waals surface area contributed by atoms with Crippen LogP contribution in [0.4, 0.5) is 5.69 Å². The lowest BCUT2D eigenvalue weighted by Crippen LogP contribution is -1.85. The highest BCUT2D eigenvalue weighted by Crippen LogP contribution is 2.11. The Balaban J connectivity index is 3.13. The quantitative estimate of drug-likeness (QED) is 0.508. The number of nitrogens with zero attached hydrogens (tertiary/aromatic N) is 1. The Labute approximate surface area is 53.1 Å². The predicted octanol–water partition coefficient (Wildman–Crippen LogP) is 0.953. The maximum absolute atomic E-state index is 5.38. The van der Waals surface area contributed by atoms with Gasteiger partial charge in [-0.1, -0.05) is 0 Å². The van der Waals surface area contributed by atoms with Crippen molar-refractivity contribution in [3.63, 3.8) is 0 Å². The van der Waals surface area contributed by atoms with Crippen LogP contribution >= 0.6 is 12.6 Å². The summed E-state index contributed by atoms with van der Waals surface area (Å²) < 4.78 is 0. The standard InChI is InChI=1S/C5H6N2S/c6-4-3-7-2-1-5(4)8/h1-3H,6H2,(H,7,8). The second-order valence-corrected chi connectivity index (χ2v) is 1.92. The van der Waals surface area contributed by atoms with E-state index in [0.29, 0.717) is 5.69 Å². The van der Waals surface area contributed by atoms with E-state index in [1.54, 1.807) is 18.5 Å². The van der Waals surface area contributed by atoms with Crippen molar-refractivity contribution in [3.05, 3.63) is 18.5 Å². The second kappa shape index (κ2) is 2.05. The Hall–Kier alpha value is -0.700. The van der Waals surface area contributed by atoms with E-state index in [-0.39, 0.29) is 0 Å². The molecule has 2 nitrogen and oxygen atoms in total. The molecule has 0 saturated heterocycles. The summed E-state index contributed by atoms with van der Waals surface area (Å²) in [6.45, 7) is 0. The number of nitrogen functional groups attached to an aromatic ring is 1. The van der Waals surface area contributed by atoms with Gasteiger partial charge in [-0.05, 0) is 6.07 Å². The van der Waals surface area contributed by atoms with E-state index >= 15 is 0 Å². The van der Waals surface area contributed by atoms with Crippen LogP contribution in [0.1, 0.15) is 0 Å². The van der Waals surface area contributed by atoms with Crippen LogP contribution in [0.3, 0.4) is 0 Å². The molecule has 0 saturated carbocycles. The number of anilines is 1. The average Bonchev–Trinajstić information content (AvgIpc) is 1.77. The van der Waals surface area contributed by atoms with Crippen molar-refractivity contribution in [2.24, 2.45) is 0 Å². The predicted molar refractivity (Wildman–Crippen MR) is 35.9 cm³/mol. The number of rotatable bonds is 0. The first-order valence-corrected chi connectivity index (χ1v) is 2.64. The highest BCUT2D eigenvalue weighted by Gasteiger charge is 1.86. The lowest BCUT2D eigenvalue weighted by Gasteiger charge is -1.92. The molecule has 3 heteroatoms. The van der Waals surface area contributed by atoms with E-state index in [4.69, 9.17) is 5.73 Å². The lowest BCUT2D eigenvalue weighted by molar-refractivity contribution is 1.27. The minimum absolute atomic E-state index is 0.621. The van der Waals surface area contributed by atoms with Crippen molar-refractivity contribution in [3.8, 4) is 0 Å². The van der Waals surface area contributed by atoms with Crippen molar-refractivity contribution in [1.29, 1.82) is 0 Å². The molecule has 1 aromatic heterocycles. The molecule has 0 amide bonds. The van der Waals surface area contributed by atoms with E-state index in [2.05, 4.69) is 17.6 Å². The molecule has 0 aromatic carbocycles. The fourth-order valence-electron chi connectivity index (χ4n) is 0.399. The van der Waals surface area contributed by atoms with Crippen LogP contribution in [0.15, 0.2) is 23.4 Å². The third kappa shape index (κ3) is 0.924. The number of thiol groups is 1. The first-order valence-electron chi connectivity index (χ1n) is 2.19. The van der Waals surface area contributed by atoms with E-state index in [9.17, 15) is 0 Å². The van der Waals surface area contributed by atoms with Crippen LogP contribution < -0.4 is 5.73 Å². The Morgan fingerprint density at radius 1 is 1.62 bits per heavy atom. The van der Waals surface area contributed by atoms with Gasteiger partial charge in [0.1, 0.15) is 0 Å². The molecular weight excluding hydrogens is 120 g/mol. The molecule has 42 valence electrons. The van der Waals surface area contributed by atoms with E-state index in [1.165, 1.54) is 0 Å².